The van der Waals surface area contributed by atoms with E-state index < -0.39 is 15.9 Å². The number of hydrogen-bond acceptors (Lipinski definition) is 5. The Hall–Kier alpha value is -2.55. The van der Waals surface area contributed by atoms with Crippen LogP contribution in [0.25, 0.3) is 0 Å². The first kappa shape index (κ1) is 14.9. The molecule has 0 radical (unpaired) electrons. The van der Waals surface area contributed by atoms with Crippen molar-refractivity contribution in [3.05, 3.63) is 36.3 Å². The normalized spacial score (nSPS) is 11.1. The average molecular weight is 310 g/mol. The number of carbonyl (C=O) groups is 1. The number of aryl methyl sites for hydroxylation is 1. The molecular formula is C12H14N4O4S. The number of ether oxygens (including phenoxy) is 1. The molecule has 1 aromatic heterocycles. The molecule has 0 aliphatic heterocycles. The van der Waals surface area contributed by atoms with Crippen LogP contribution >= 0.6 is 0 Å². The van der Waals surface area contributed by atoms with Crippen LogP contribution in [0.4, 0.5) is 5.69 Å². The van der Waals surface area contributed by atoms with Gasteiger partial charge >= 0.3 is 0 Å². The number of carbonyl (C=O) groups excluding carboxylic acids is 1. The van der Waals surface area contributed by atoms with Gasteiger partial charge in [-0.2, -0.15) is 8.42 Å². The summed E-state index contributed by atoms with van der Waals surface area (Å²) in [5, 5.41) is -0.0194. The molecule has 21 heavy (non-hydrogen) atoms. The second-order valence-electron chi connectivity index (χ2n) is 4.22. The van der Waals surface area contributed by atoms with Crippen molar-refractivity contribution in [2.75, 3.05) is 11.3 Å². The van der Waals surface area contributed by atoms with Crippen molar-refractivity contribution >= 4 is 21.6 Å². The minimum absolute atomic E-state index is 0.0194. The number of aromatic nitrogens is 2. The van der Waals surface area contributed by atoms with Gasteiger partial charge in [-0.3, -0.25) is 9.52 Å². The summed E-state index contributed by atoms with van der Waals surface area (Å²) in [5.41, 5.74) is 5.31. The zero-order valence-corrected chi connectivity index (χ0v) is 12.0. The Morgan fingerprint density at radius 2 is 2.05 bits per heavy atom. The van der Waals surface area contributed by atoms with Crippen molar-refractivity contribution in [2.24, 2.45) is 5.73 Å². The second-order valence-corrected chi connectivity index (χ2v) is 5.87. The SMILES string of the molecule is Cc1ncc(S(=O)(=O)Nc2ccc(OCC(N)=O)cc2)[nH]1. The molecule has 0 saturated carbocycles. The molecule has 4 N–H and O–H groups in total. The van der Waals surface area contributed by atoms with Gasteiger partial charge in [-0.15, -0.1) is 0 Å². The predicted molar refractivity (Wildman–Crippen MR) is 75.3 cm³/mol. The number of aromatic amines is 1. The Morgan fingerprint density at radius 3 is 2.57 bits per heavy atom. The Bertz CT molecular complexity index is 737. The van der Waals surface area contributed by atoms with Crippen LogP contribution in [0.15, 0.2) is 35.5 Å². The van der Waals surface area contributed by atoms with Gasteiger partial charge in [0.15, 0.2) is 11.6 Å². The van der Waals surface area contributed by atoms with Crippen molar-refractivity contribution < 1.29 is 17.9 Å². The summed E-state index contributed by atoms with van der Waals surface area (Å²) < 4.78 is 31.5. The quantitative estimate of drug-likeness (QED) is 0.711. The minimum atomic E-state index is -3.71. The Labute approximate surface area is 121 Å². The van der Waals surface area contributed by atoms with Crippen LogP contribution < -0.4 is 15.2 Å². The number of H-pyrrole nitrogens is 1. The first-order chi connectivity index (χ1) is 9.87. The highest BCUT2D eigenvalue weighted by Gasteiger charge is 2.16. The van der Waals surface area contributed by atoms with Crippen molar-refractivity contribution in [1.82, 2.24) is 9.97 Å². The molecule has 0 fully saturated rings. The molecule has 8 nitrogen and oxygen atoms in total. The van der Waals surface area contributed by atoms with E-state index in [1.807, 2.05) is 0 Å². The fraction of sp³-hybridized carbons (Fsp3) is 0.167. The van der Waals surface area contributed by atoms with E-state index in [1.165, 1.54) is 30.5 Å². The summed E-state index contributed by atoms with van der Waals surface area (Å²) in [4.78, 5) is 17.1. The number of benzene rings is 1. The summed E-state index contributed by atoms with van der Waals surface area (Å²) in [7, 11) is -3.71. The van der Waals surface area contributed by atoms with Crippen molar-refractivity contribution in [2.45, 2.75) is 11.9 Å². The van der Waals surface area contributed by atoms with Gasteiger partial charge in [0.2, 0.25) is 0 Å². The van der Waals surface area contributed by atoms with E-state index in [4.69, 9.17) is 10.5 Å². The maximum Gasteiger partial charge on any atom is 0.278 e. The van der Waals surface area contributed by atoms with Crippen LogP contribution in [0.3, 0.4) is 0 Å². The third kappa shape index (κ3) is 3.96. The number of nitrogens with two attached hydrogens (primary N) is 1. The van der Waals surface area contributed by atoms with E-state index in [1.54, 1.807) is 6.92 Å². The van der Waals surface area contributed by atoms with Gasteiger partial charge in [0.05, 0.1) is 6.20 Å². The highest BCUT2D eigenvalue weighted by molar-refractivity contribution is 7.92. The number of rotatable bonds is 6. The number of anilines is 1. The molecule has 0 aliphatic carbocycles. The molecule has 1 aromatic carbocycles. The lowest BCUT2D eigenvalue weighted by atomic mass is 10.3. The maximum absolute atomic E-state index is 12.0. The fourth-order valence-corrected chi connectivity index (χ4v) is 2.55. The van der Waals surface area contributed by atoms with Crippen LogP contribution in [0.1, 0.15) is 5.82 Å². The molecule has 0 saturated heterocycles. The van der Waals surface area contributed by atoms with Crippen LogP contribution in [0, 0.1) is 6.92 Å². The van der Waals surface area contributed by atoms with E-state index in [0.29, 0.717) is 17.3 Å². The molecule has 112 valence electrons. The zero-order valence-electron chi connectivity index (χ0n) is 11.2. The topological polar surface area (TPSA) is 127 Å². The smallest absolute Gasteiger partial charge is 0.278 e. The Morgan fingerprint density at radius 1 is 1.38 bits per heavy atom. The molecule has 2 rings (SSSR count). The van der Waals surface area contributed by atoms with E-state index >= 15 is 0 Å². The molecule has 0 unspecified atom stereocenters. The highest BCUT2D eigenvalue weighted by atomic mass is 32.2. The molecule has 2 aromatic rings. The standard InChI is InChI=1S/C12H14N4O4S/c1-8-14-6-12(15-8)21(18,19)16-9-2-4-10(5-3-9)20-7-11(13)17/h2-6,16H,7H2,1H3,(H2,13,17)(H,14,15). The summed E-state index contributed by atoms with van der Waals surface area (Å²) in [5.74, 6) is 0.328. The van der Waals surface area contributed by atoms with Crippen molar-refractivity contribution in [3.63, 3.8) is 0 Å². The number of sulfonamides is 1. The van der Waals surface area contributed by atoms with Gasteiger partial charge in [0.1, 0.15) is 11.6 Å². The Balaban J connectivity index is 2.08. The summed E-state index contributed by atoms with van der Waals surface area (Å²) in [6, 6.07) is 6.08. The van der Waals surface area contributed by atoms with Gasteiger partial charge in [-0.25, -0.2) is 4.98 Å². The summed E-state index contributed by atoms with van der Waals surface area (Å²) >= 11 is 0. The molecule has 0 bridgehead atoms. The third-order valence-corrected chi connectivity index (χ3v) is 3.75. The fourth-order valence-electron chi connectivity index (χ4n) is 1.52. The van der Waals surface area contributed by atoms with Gasteiger partial charge < -0.3 is 15.5 Å². The summed E-state index contributed by atoms with van der Waals surface area (Å²) in [6.07, 6.45) is 1.24. The van der Waals surface area contributed by atoms with E-state index in [-0.39, 0.29) is 11.6 Å². The molecular weight excluding hydrogens is 296 g/mol. The lowest BCUT2D eigenvalue weighted by molar-refractivity contribution is -0.119. The minimum Gasteiger partial charge on any atom is -0.484 e. The van der Waals surface area contributed by atoms with Crippen molar-refractivity contribution in [1.29, 1.82) is 0 Å². The molecule has 9 heteroatoms. The number of imidazole rings is 1. The van der Waals surface area contributed by atoms with E-state index in [0.717, 1.165) is 0 Å². The second kappa shape index (κ2) is 5.83. The van der Waals surface area contributed by atoms with Crippen LogP contribution in [0.5, 0.6) is 5.75 Å². The monoisotopic (exact) mass is 310 g/mol. The average Bonchev–Trinajstić information content (AvgIpc) is 2.85. The molecule has 1 amide bonds. The lowest BCUT2D eigenvalue weighted by Crippen LogP contribution is -2.20. The van der Waals surface area contributed by atoms with Crippen LogP contribution in [0.2, 0.25) is 0 Å². The molecule has 1 heterocycles. The van der Waals surface area contributed by atoms with Gasteiger partial charge in [0.25, 0.3) is 15.9 Å². The maximum atomic E-state index is 12.0. The van der Waals surface area contributed by atoms with Crippen LogP contribution in [-0.4, -0.2) is 30.9 Å². The largest absolute Gasteiger partial charge is 0.484 e. The van der Waals surface area contributed by atoms with Crippen LogP contribution in [-0.2, 0) is 14.8 Å². The molecule has 0 atom stereocenters. The van der Waals surface area contributed by atoms with Gasteiger partial charge in [0, 0.05) is 5.69 Å². The Kier molecular flexibility index (Phi) is 4.13. The number of nitrogens with zero attached hydrogens (tertiary/aromatic N) is 1. The first-order valence-corrected chi connectivity index (χ1v) is 7.41. The number of amides is 1. The van der Waals surface area contributed by atoms with E-state index in [2.05, 4.69) is 14.7 Å². The number of hydrogen-bond donors (Lipinski definition) is 3. The number of primary amides is 1. The van der Waals surface area contributed by atoms with Gasteiger partial charge in [-0.1, -0.05) is 0 Å². The first-order valence-electron chi connectivity index (χ1n) is 5.92. The van der Waals surface area contributed by atoms with Crippen molar-refractivity contribution in [3.8, 4) is 5.75 Å². The molecule has 0 aliphatic rings. The number of nitrogens with one attached hydrogen (secondary N) is 2. The highest BCUT2D eigenvalue weighted by Crippen LogP contribution is 2.18. The van der Waals surface area contributed by atoms with Gasteiger partial charge in [-0.05, 0) is 31.2 Å². The molecule has 0 spiro atoms. The third-order valence-electron chi connectivity index (χ3n) is 2.46. The zero-order chi connectivity index (χ0) is 15.5. The van der Waals surface area contributed by atoms with E-state index in [9.17, 15) is 13.2 Å². The lowest BCUT2D eigenvalue weighted by Gasteiger charge is -2.08. The summed E-state index contributed by atoms with van der Waals surface area (Å²) in [6.45, 7) is 1.42. The predicted octanol–water partition coefficient (Wildman–Crippen LogP) is 0.383.